The van der Waals surface area contributed by atoms with E-state index in [9.17, 15) is 10.1 Å². The standard InChI is InChI=1S/C23H22ClN5O2S/c1-23(14-25,15-7-8-15)26-20(30)13-32-22-28-27-21(18-5-3-4-6-19(18)31-2)29(22)17-11-9-16(24)10-12-17/h3-6,9-12,15H,7-8,13H2,1-2H3,(H,26,30). The number of benzene rings is 2. The number of carbonyl (C=O) groups is 1. The lowest BCUT2D eigenvalue weighted by Gasteiger charge is -2.22. The predicted molar refractivity (Wildman–Crippen MR) is 124 cm³/mol. The van der Waals surface area contributed by atoms with Gasteiger partial charge in [0.2, 0.25) is 5.91 Å². The maximum absolute atomic E-state index is 12.6. The van der Waals surface area contributed by atoms with Crippen molar-refractivity contribution in [3.05, 3.63) is 53.6 Å². The van der Waals surface area contributed by atoms with Gasteiger partial charge in [-0.3, -0.25) is 9.36 Å². The van der Waals surface area contributed by atoms with Crippen LogP contribution in [0.5, 0.6) is 5.75 Å². The molecule has 1 fully saturated rings. The zero-order valence-corrected chi connectivity index (χ0v) is 19.3. The number of nitrogens with one attached hydrogen (secondary N) is 1. The van der Waals surface area contributed by atoms with Gasteiger partial charge in [-0.05, 0) is 62.1 Å². The van der Waals surface area contributed by atoms with Crippen LogP contribution in [-0.2, 0) is 4.79 Å². The van der Waals surface area contributed by atoms with Crippen molar-refractivity contribution in [2.75, 3.05) is 12.9 Å². The van der Waals surface area contributed by atoms with Gasteiger partial charge in [0.15, 0.2) is 11.0 Å². The number of nitrogens with zero attached hydrogens (tertiary/aromatic N) is 4. The third kappa shape index (κ3) is 4.59. The van der Waals surface area contributed by atoms with Gasteiger partial charge in [-0.1, -0.05) is 35.5 Å². The molecule has 0 radical (unpaired) electrons. The van der Waals surface area contributed by atoms with E-state index in [1.54, 1.807) is 26.2 Å². The summed E-state index contributed by atoms with van der Waals surface area (Å²) in [5, 5.41) is 22.3. The van der Waals surface area contributed by atoms with Crippen LogP contribution in [0.3, 0.4) is 0 Å². The summed E-state index contributed by atoms with van der Waals surface area (Å²) in [4.78, 5) is 12.6. The molecule has 1 aliphatic carbocycles. The van der Waals surface area contributed by atoms with Gasteiger partial charge in [0.25, 0.3) is 0 Å². The van der Waals surface area contributed by atoms with E-state index in [1.165, 1.54) is 11.8 Å². The Morgan fingerprint density at radius 3 is 2.66 bits per heavy atom. The summed E-state index contributed by atoms with van der Waals surface area (Å²) >= 11 is 7.34. The van der Waals surface area contributed by atoms with Gasteiger partial charge in [0.1, 0.15) is 11.3 Å². The topological polar surface area (TPSA) is 92.8 Å². The van der Waals surface area contributed by atoms with Crippen LogP contribution in [0, 0.1) is 17.2 Å². The van der Waals surface area contributed by atoms with Gasteiger partial charge in [-0.15, -0.1) is 10.2 Å². The molecule has 4 rings (SSSR count). The molecule has 0 aliphatic heterocycles. The van der Waals surface area contributed by atoms with Crippen molar-refractivity contribution in [1.82, 2.24) is 20.1 Å². The lowest BCUT2D eigenvalue weighted by Crippen LogP contribution is -2.47. The molecule has 7 nitrogen and oxygen atoms in total. The molecule has 1 aliphatic rings. The number of para-hydroxylation sites is 1. The van der Waals surface area contributed by atoms with E-state index in [4.69, 9.17) is 16.3 Å². The molecule has 1 N–H and O–H groups in total. The fourth-order valence-electron chi connectivity index (χ4n) is 3.53. The number of aromatic nitrogens is 3. The minimum Gasteiger partial charge on any atom is -0.496 e. The summed E-state index contributed by atoms with van der Waals surface area (Å²) in [5.74, 6) is 1.37. The average molecular weight is 468 g/mol. The quantitative estimate of drug-likeness (QED) is 0.490. The first-order valence-electron chi connectivity index (χ1n) is 10.1. The zero-order chi connectivity index (χ0) is 22.7. The maximum Gasteiger partial charge on any atom is 0.231 e. The van der Waals surface area contributed by atoms with Gasteiger partial charge in [-0.25, -0.2) is 0 Å². The molecule has 3 aromatic rings. The molecule has 1 heterocycles. The molecule has 2 aromatic carbocycles. The van der Waals surface area contributed by atoms with Crippen LogP contribution in [0.1, 0.15) is 19.8 Å². The van der Waals surface area contributed by atoms with E-state index in [-0.39, 0.29) is 17.6 Å². The number of hydrogen-bond donors (Lipinski definition) is 1. The number of rotatable bonds is 8. The van der Waals surface area contributed by atoms with Crippen molar-refractivity contribution in [1.29, 1.82) is 5.26 Å². The van der Waals surface area contributed by atoms with Crippen LogP contribution < -0.4 is 10.1 Å². The van der Waals surface area contributed by atoms with Crippen LogP contribution in [0.25, 0.3) is 17.1 Å². The van der Waals surface area contributed by atoms with E-state index in [1.807, 2.05) is 41.0 Å². The average Bonchev–Trinajstić information content (AvgIpc) is 3.59. The molecular formula is C23H22ClN5O2S. The van der Waals surface area contributed by atoms with Crippen LogP contribution in [0.15, 0.2) is 53.7 Å². The summed E-state index contributed by atoms with van der Waals surface area (Å²) in [7, 11) is 1.61. The second-order valence-electron chi connectivity index (χ2n) is 7.74. The highest BCUT2D eigenvalue weighted by Crippen LogP contribution is 2.39. The summed E-state index contributed by atoms with van der Waals surface area (Å²) in [6.45, 7) is 1.78. The Hall–Kier alpha value is -3.02. The normalized spacial score (nSPS) is 14.9. The Bertz CT molecular complexity index is 1170. The van der Waals surface area contributed by atoms with Crippen molar-refractivity contribution in [2.24, 2.45) is 5.92 Å². The SMILES string of the molecule is COc1ccccc1-c1nnc(SCC(=O)NC(C)(C#N)C2CC2)n1-c1ccc(Cl)cc1. The predicted octanol–water partition coefficient (Wildman–Crippen LogP) is 4.50. The minimum atomic E-state index is -0.829. The lowest BCUT2D eigenvalue weighted by molar-refractivity contribution is -0.119. The Morgan fingerprint density at radius 1 is 1.28 bits per heavy atom. The van der Waals surface area contributed by atoms with Crippen molar-refractivity contribution < 1.29 is 9.53 Å². The molecule has 1 amide bonds. The fraction of sp³-hybridized carbons (Fsp3) is 0.304. The number of amides is 1. The van der Waals surface area contributed by atoms with Crippen molar-refractivity contribution >= 4 is 29.3 Å². The first-order chi connectivity index (χ1) is 15.4. The Kier molecular flexibility index (Phi) is 6.40. The molecule has 1 unspecified atom stereocenters. The molecule has 0 saturated heterocycles. The first-order valence-corrected chi connectivity index (χ1v) is 11.5. The number of thioether (sulfide) groups is 1. The van der Waals surface area contributed by atoms with Gasteiger partial charge in [0, 0.05) is 10.7 Å². The van der Waals surface area contributed by atoms with Gasteiger partial charge in [-0.2, -0.15) is 5.26 Å². The number of hydrogen-bond acceptors (Lipinski definition) is 6. The summed E-state index contributed by atoms with van der Waals surface area (Å²) in [6, 6.07) is 17.1. The molecule has 1 atom stereocenters. The third-order valence-electron chi connectivity index (χ3n) is 5.42. The van der Waals surface area contributed by atoms with E-state index in [0.29, 0.717) is 21.8 Å². The van der Waals surface area contributed by atoms with Crippen molar-refractivity contribution in [3.8, 4) is 28.9 Å². The molecule has 0 bridgehead atoms. The van der Waals surface area contributed by atoms with Crippen LogP contribution in [0.4, 0.5) is 0 Å². The molecule has 9 heteroatoms. The number of nitriles is 1. The largest absolute Gasteiger partial charge is 0.496 e. The maximum atomic E-state index is 12.6. The van der Waals surface area contributed by atoms with Crippen molar-refractivity contribution in [2.45, 2.75) is 30.5 Å². The fourth-order valence-corrected chi connectivity index (χ4v) is 4.41. The summed E-state index contributed by atoms with van der Waals surface area (Å²) < 4.78 is 7.38. The Morgan fingerprint density at radius 2 is 2.00 bits per heavy atom. The van der Waals surface area contributed by atoms with Gasteiger partial charge >= 0.3 is 0 Å². The van der Waals surface area contributed by atoms with Crippen LogP contribution in [-0.4, -0.2) is 39.1 Å². The number of methoxy groups -OCH3 is 1. The third-order valence-corrected chi connectivity index (χ3v) is 6.60. The smallest absolute Gasteiger partial charge is 0.231 e. The highest BCUT2D eigenvalue weighted by Gasteiger charge is 2.43. The number of carbonyl (C=O) groups excluding carboxylic acids is 1. The van der Waals surface area contributed by atoms with Crippen LogP contribution in [0.2, 0.25) is 5.02 Å². The molecule has 164 valence electrons. The number of ether oxygens (including phenoxy) is 1. The molecule has 32 heavy (non-hydrogen) atoms. The first kappa shape index (κ1) is 22.2. The zero-order valence-electron chi connectivity index (χ0n) is 17.7. The summed E-state index contributed by atoms with van der Waals surface area (Å²) in [5.41, 5.74) is 0.756. The summed E-state index contributed by atoms with van der Waals surface area (Å²) in [6.07, 6.45) is 1.93. The molecule has 1 saturated carbocycles. The van der Waals surface area contributed by atoms with Crippen LogP contribution >= 0.6 is 23.4 Å². The molecular weight excluding hydrogens is 446 g/mol. The molecule has 1 aromatic heterocycles. The monoisotopic (exact) mass is 467 g/mol. The van der Waals surface area contributed by atoms with E-state index in [2.05, 4.69) is 21.6 Å². The van der Waals surface area contributed by atoms with Gasteiger partial charge < -0.3 is 10.1 Å². The van der Waals surface area contributed by atoms with E-state index >= 15 is 0 Å². The minimum absolute atomic E-state index is 0.113. The van der Waals surface area contributed by atoms with E-state index in [0.717, 1.165) is 24.1 Å². The van der Waals surface area contributed by atoms with E-state index < -0.39 is 5.54 Å². The van der Waals surface area contributed by atoms with Gasteiger partial charge in [0.05, 0.1) is 24.5 Å². The van der Waals surface area contributed by atoms with Crippen molar-refractivity contribution in [3.63, 3.8) is 0 Å². The Balaban J connectivity index is 1.64. The molecule has 0 spiro atoms. The highest BCUT2D eigenvalue weighted by atomic mass is 35.5. The Labute approximate surface area is 195 Å². The highest BCUT2D eigenvalue weighted by molar-refractivity contribution is 7.99. The second-order valence-corrected chi connectivity index (χ2v) is 9.12. The second kappa shape index (κ2) is 9.23. The lowest BCUT2D eigenvalue weighted by atomic mass is 9.98. The number of halogens is 1.